The molecule has 0 unspecified atom stereocenters. The smallest absolute Gasteiger partial charge is 0.244 e. The highest BCUT2D eigenvalue weighted by Gasteiger charge is 2.30. The quantitative estimate of drug-likeness (QED) is 0.497. The highest BCUT2D eigenvalue weighted by atomic mass is 35.5. The highest BCUT2D eigenvalue weighted by molar-refractivity contribution is 7.92. The number of amides is 2. The lowest BCUT2D eigenvalue weighted by Gasteiger charge is -2.31. The van der Waals surface area contributed by atoms with Crippen molar-refractivity contribution in [2.45, 2.75) is 26.4 Å². The van der Waals surface area contributed by atoms with Crippen LogP contribution in [0.4, 0.5) is 5.69 Å². The van der Waals surface area contributed by atoms with Gasteiger partial charge in [0.05, 0.1) is 26.2 Å². The van der Waals surface area contributed by atoms with E-state index >= 15 is 0 Å². The molecule has 0 bridgehead atoms. The molecular formula is C23H30ClN3O6S. The lowest BCUT2D eigenvalue weighted by Crippen LogP contribution is -2.51. The number of likely N-dealkylation sites (N-methyl/N-ethyl adjacent to an activating group) is 1. The van der Waals surface area contributed by atoms with Crippen molar-refractivity contribution in [2.24, 2.45) is 0 Å². The van der Waals surface area contributed by atoms with E-state index in [0.717, 1.165) is 16.1 Å². The van der Waals surface area contributed by atoms with Gasteiger partial charge in [-0.15, -0.1) is 0 Å². The van der Waals surface area contributed by atoms with Crippen molar-refractivity contribution >= 4 is 39.1 Å². The van der Waals surface area contributed by atoms with Crippen LogP contribution in [0.15, 0.2) is 42.5 Å². The largest absolute Gasteiger partial charge is 0.493 e. The molecule has 2 rings (SSSR count). The predicted molar refractivity (Wildman–Crippen MR) is 132 cm³/mol. The first-order valence-corrected chi connectivity index (χ1v) is 12.8. The number of benzene rings is 2. The van der Waals surface area contributed by atoms with Gasteiger partial charge in [-0.25, -0.2) is 8.42 Å². The molecular weight excluding hydrogens is 482 g/mol. The summed E-state index contributed by atoms with van der Waals surface area (Å²) in [6.45, 7) is 3.36. The maximum atomic E-state index is 13.4. The summed E-state index contributed by atoms with van der Waals surface area (Å²) in [4.78, 5) is 27.3. The molecule has 0 aliphatic heterocycles. The Kier molecular flexibility index (Phi) is 9.57. The zero-order valence-corrected chi connectivity index (χ0v) is 21.4. The van der Waals surface area contributed by atoms with E-state index in [1.165, 1.54) is 31.3 Å². The molecule has 9 nitrogen and oxygen atoms in total. The van der Waals surface area contributed by atoms with Gasteiger partial charge in [-0.05, 0) is 43.7 Å². The fourth-order valence-corrected chi connectivity index (χ4v) is 4.25. The Balaban J connectivity index is 2.42. The van der Waals surface area contributed by atoms with Gasteiger partial charge in [0, 0.05) is 24.2 Å². The third-order valence-electron chi connectivity index (χ3n) is 5.12. The maximum Gasteiger partial charge on any atom is 0.244 e. The van der Waals surface area contributed by atoms with Crippen LogP contribution in [-0.4, -0.2) is 64.7 Å². The van der Waals surface area contributed by atoms with Crippen LogP contribution < -0.4 is 19.1 Å². The molecule has 34 heavy (non-hydrogen) atoms. The van der Waals surface area contributed by atoms with Crippen molar-refractivity contribution in [3.63, 3.8) is 0 Å². The molecule has 0 fully saturated rings. The fourth-order valence-electron chi connectivity index (χ4n) is 3.28. The third kappa shape index (κ3) is 7.01. The van der Waals surface area contributed by atoms with E-state index in [1.807, 2.05) is 0 Å². The molecule has 0 spiro atoms. The molecule has 0 aliphatic carbocycles. The Labute approximate surface area is 205 Å². The molecule has 0 aliphatic rings. The lowest BCUT2D eigenvalue weighted by molar-refractivity contribution is -0.139. The number of sulfonamides is 1. The number of hydrogen-bond donors (Lipinski definition) is 1. The standard InChI is InChI=1S/C23H30ClN3O6S/c1-6-25-23(29)16(2)26(14-17-7-9-18(24)10-8-17)22(28)15-27(34(5,30)31)19-11-12-20(32-3)21(13-19)33-4/h7-13,16H,6,14-15H2,1-5H3,(H,25,29)/t16-/m0/s1. The van der Waals surface area contributed by atoms with Crippen molar-refractivity contribution in [1.82, 2.24) is 10.2 Å². The number of ether oxygens (including phenoxy) is 2. The van der Waals surface area contributed by atoms with Crippen LogP contribution in [0.2, 0.25) is 5.02 Å². The summed E-state index contributed by atoms with van der Waals surface area (Å²) in [6, 6.07) is 10.6. The van der Waals surface area contributed by atoms with Gasteiger partial charge in [-0.2, -0.15) is 0 Å². The fraction of sp³-hybridized carbons (Fsp3) is 0.391. The Morgan fingerprint density at radius 2 is 1.68 bits per heavy atom. The Bertz CT molecular complexity index is 1110. The van der Waals surface area contributed by atoms with Crippen LogP contribution in [0.25, 0.3) is 0 Å². The lowest BCUT2D eigenvalue weighted by atomic mass is 10.1. The summed E-state index contributed by atoms with van der Waals surface area (Å²) in [5.74, 6) is -0.161. The summed E-state index contributed by atoms with van der Waals surface area (Å²) in [5.41, 5.74) is 0.969. The normalized spacial score (nSPS) is 11.9. The number of halogens is 1. The highest BCUT2D eigenvalue weighted by Crippen LogP contribution is 2.32. The first kappa shape index (κ1) is 27.3. The van der Waals surface area contributed by atoms with Gasteiger partial charge in [-0.3, -0.25) is 13.9 Å². The van der Waals surface area contributed by atoms with E-state index in [9.17, 15) is 18.0 Å². The monoisotopic (exact) mass is 511 g/mol. The molecule has 2 amide bonds. The topological polar surface area (TPSA) is 105 Å². The molecule has 2 aromatic carbocycles. The summed E-state index contributed by atoms with van der Waals surface area (Å²) in [6.07, 6.45) is 1.01. The van der Waals surface area contributed by atoms with Crippen molar-refractivity contribution in [3.05, 3.63) is 53.1 Å². The first-order valence-electron chi connectivity index (χ1n) is 10.5. The average Bonchev–Trinajstić information content (AvgIpc) is 2.80. The number of rotatable bonds is 11. The maximum absolute atomic E-state index is 13.4. The molecule has 1 N–H and O–H groups in total. The Hall–Kier alpha value is -2.98. The van der Waals surface area contributed by atoms with E-state index in [1.54, 1.807) is 44.2 Å². The van der Waals surface area contributed by atoms with Gasteiger partial charge < -0.3 is 19.7 Å². The van der Waals surface area contributed by atoms with Gasteiger partial charge in [0.15, 0.2) is 11.5 Å². The number of carbonyl (C=O) groups is 2. The number of carbonyl (C=O) groups excluding carboxylic acids is 2. The molecule has 0 radical (unpaired) electrons. The van der Waals surface area contributed by atoms with E-state index in [2.05, 4.69) is 5.32 Å². The van der Waals surface area contributed by atoms with E-state index in [0.29, 0.717) is 23.1 Å². The van der Waals surface area contributed by atoms with E-state index in [4.69, 9.17) is 21.1 Å². The van der Waals surface area contributed by atoms with Crippen LogP contribution in [-0.2, 0) is 26.2 Å². The molecule has 0 saturated carbocycles. The number of hydrogen-bond acceptors (Lipinski definition) is 6. The van der Waals surface area contributed by atoms with Crippen molar-refractivity contribution in [2.75, 3.05) is 37.9 Å². The second kappa shape index (κ2) is 11.9. The van der Waals surface area contributed by atoms with Gasteiger partial charge in [0.25, 0.3) is 0 Å². The summed E-state index contributed by atoms with van der Waals surface area (Å²) in [5, 5.41) is 3.24. The minimum Gasteiger partial charge on any atom is -0.493 e. The number of methoxy groups -OCH3 is 2. The first-order chi connectivity index (χ1) is 16.0. The number of anilines is 1. The summed E-state index contributed by atoms with van der Waals surface area (Å²) in [7, 11) is -0.959. The summed E-state index contributed by atoms with van der Waals surface area (Å²) < 4.78 is 36.7. The van der Waals surface area contributed by atoms with Crippen LogP contribution >= 0.6 is 11.6 Å². The van der Waals surface area contributed by atoms with Gasteiger partial charge in [0.2, 0.25) is 21.8 Å². The second-order valence-corrected chi connectivity index (χ2v) is 9.87. The van der Waals surface area contributed by atoms with Crippen molar-refractivity contribution in [1.29, 1.82) is 0 Å². The van der Waals surface area contributed by atoms with E-state index in [-0.39, 0.29) is 18.1 Å². The SMILES string of the molecule is CCNC(=O)[C@H](C)N(Cc1ccc(Cl)cc1)C(=O)CN(c1ccc(OC)c(OC)c1)S(C)(=O)=O. The molecule has 1 atom stereocenters. The van der Waals surface area contributed by atoms with Crippen LogP contribution in [0.3, 0.4) is 0 Å². The molecule has 186 valence electrons. The second-order valence-electron chi connectivity index (χ2n) is 7.53. The predicted octanol–water partition coefficient (Wildman–Crippen LogP) is 2.68. The van der Waals surface area contributed by atoms with Crippen LogP contribution in [0.5, 0.6) is 11.5 Å². The van der Waals surface area contributed by atoms with Gasteiger partial charge >= 0.3 is 0 Å². The van der Waals surface area contributed by atoms with Crippen molar-refractivity contribution in [3.8, 4) is 11.5 Å². The third-order valence-corrected chi connectivity index (χ3v) is 6.51. The Morgan fingerprint density at radius 3 is 2.21 bits per heavy atom. The zero-order valence-electron chi connectivity index (χ0n) is 19.9. The number of nitrogens with zero attached hydrogens (tertiary/aromatic N) is 2. The minimum absolute atomic E-state index is 0.0951. The average molecular weight is 512 g/mol. The number of nitrogens with one attached hydrogen (secondary N) is 1. The molecule has 0 heterocycles. The van der Waals surface area contributed by atoms with Crippen LogP contribution in [0, 0.1) is 0 Å². The molecule has 0 saturated heterocycles. The van der Waals surface area contributed by atoms with Gasteiger partial charge in [0.1, 0.15) is 12.6 Å². The van der Waals surface area contributed by atoms with Crippen molar-refractivity contribution < 1.29 is 27.5 Å². The Morgan fingerprint density at radius 1 is 1.06 bits per heavy atom. The van der Waals surface area contributed by atoms with Gasteiger partial charge in [-0.1, -0.05) is 23.7 Å². The zero-order chi connectivity index (χ0) is 25.5. The summed E-state index contributed by atoms with van der Waals surface area (Å²) >= 11 is 5.96. The molecule has 0 aromatic heterocycles. The van der Waals surface area contributed by atoms with Crippen LogP contribution in [0.1, 0.15) is 19.4 Å². The minimum atomic E-state index is -3.85. The molecule has 2 aromatic rings. The molecule has 11 heteroatoms. The van der Waals surface area contributed by atoms with E-state index < -0.39 is 28.5 Å².